The predicted molar refractivity (Wildman–Crippen MR) is 142 cm³/mol. The van der Waals surface area contributed by atoms with Gasteiger partial charge in [0.2, 0.25) is 5.91 Å². The third kappa shape index (κ3) is 4.60. The van der Waals surface area contributed by atoms with Gasteiger partial charge < -0.3 is 9.80 Å². The molecule has 1 amide bonds. The Morgan fingerprint density at radius 2 is 1.69 bits per heavy atom. The van der Waals surface area contributed by atoms with E-state index in [1.165, 1.54) is 10.2 Å². The summed E-state index contributed by atoms with van der Waals surface area (Å²) in [6.45, 7) is 8.41. The van der Waals surface area contributed by atoms with E-state index in [1.807, 2.05) is 30.3 Å². The number of carbonyl (C=O) groups is 1. The van der Waals surface area contributed by atoms with Crippen LogP contribution in [0.3, 0.4) is 0 Å². The second kappa shape index (κ2) is 9.78. The van der Waals surface area contributed by atoms with Crippen molar-refractivity contribution in [1.82, 2.24) is 24.3 Å². The third-order valence-corrected chi connectivity index (χ3v) is 7.06. The van der Waals surface area contributed by atoms with Gasteiger partial charge in [0.15, 0.2) is 0 Å². The Bertz CT molecular complexity index is 1480. The number of rotatable bonds is 5. The lowest BCUT2D eigenvalue weighted by Crippen LogP contribution is -2.50. The summed E-state index contributed by atoms with van der Waals surface area (Å²) in [5, 5.41) is 9.68. The van der Waals surface area contributed by atoms with Crippen molar-refractivity contribution < 1.29 is 4.79 Å². The van der Waals surface area contributed by atoms with Crippen molar-refractivity contribution in [1.29, 1.82) is 0 Å². The van der Waals surface area contributed by atoms with Gasteiger partial charge in [-0.25, -0.2) is 9.20 Å². The number of amides is 1. The van der Waals surface area contributed by atoms with E-state index in [-0.39, 0.29) is 18.0 Å². The van der Waals surface area contributed by atoms with Crippen LogP contribution in [0.15, 0.2) is 53.3 Å². The molecule has 1 fully saturated rings. The highest BCUT2D eigenvalue weighted by Crippen LogP contribution is 2.25. The van der Waals surface area contributed by atoms with E-state index >= 15 is 0 Å². The maximum Gasteiger partial charge on any atom is 0.293 e. The fourth-order valence-electron chi connectivity index (χ4n) is 4.68. The number of fused-ring (bicyclic) bond motifs is 1. The van der Waals surface area contributed by atoms with Crippen LogP contribution < -0.4 is 10.5 Å². The zero-order chi connectivity index (χ0) is 25.4. The number of carbonyl (C=O) groups excluding carboxylic acids is 1. The normalized spacial score (nSPS) is 14.0. The highest BCUT2D eigenvalue weighted by atomic mass is 35.5. The Morgan fingerprint density at radius 1 is 0.972 bits per heavy atom. The highest BCUT2D eigenvalue weighted by Gasteiger charge is 2.24. The molecule has 8 nitrogen and oxygen atoms in total. The van der Waals surface area contributed by atoms with E-state index in [2.05, 4.69) is 41.1 Å². The summed E-state index contributed by atoms with van der Waals surface area (Å²) < 4.78 is 2.81. The molecule has 0 N–H and O–H groups in total. The van der Waals surface area contributed by atoms with Gasteiger partial charge >= 0.3 is 0 Å². The first-order valence-corrected chi connectivity index (χ1v) is 12.6. The predicted octanol–water partition coefficient (Wildman–Crippen LogP) is 3.74. The van der Waals surface area contributed by atoms with Gasteiger partial charge in [-0.3, -0.25) is 9.59 Å². The third-order valence-electron chi connectivity index (χ3n) is 6.82. The number of aromatic nitrogens is 4. The molecule has 0 radical (unpaired) electrons. The summed E-state index contributed by atoms with van der Waals surface area (Å²) in [7, 11) is 0. The lowest BCUT2D eigenvalue weighted by molar-refractivity contribution is -0.132. The quantitative estimate of drug-likeness (QED) is 0.414. The van der Waals surface area contributed by atoms with Crippen LogP contribution >= 0.6 is 11.6 Å². The van der Waals surface area contributed by atoms with E-state index in [9.17, 15) is 9.59 Å². The number of nitrogens with zero attached hydrogens (tertiary/aromatic N) is 6. The van der Waals surface area contributed by atoms with Crippen molar-refractivity contribution in [3.8, 4) is 11.3 Å². The standard InChI is InChI=1S/C27H29ClN6O2/c1-4-20-6-8-21(9-7-20)23-16-25-27(36)33(29-19(3)34(25)30-23)17-26(35)32-13-11-31(12-14-32)24-15-22(28)10-5-18(24)2/h5-10,15-16H,4,11-14,17H2,1-3H3. The minimum absolute atomic E-state index is 0.0991. The van der Waals surface area contributed by atoms with Crippen molar-refractivity contribution in [3.63, 3.8) is 0 Å². The lowest BCUT2D eigenvalue weighted by atomic mass is 10.1. The Morgan fingerprint density at radius 3 is 2.39 bits per heavy atom. The molecule has 0 aliphatic carbocycles. The Balaban J connectivity index is 1.32. The van der Waals surface area contributed by atoms with Crippen LogP contribution in [-0.2, 0) is 17.8 Å². The first-order valence-electron chi connectivity index (χ1n) is 12.2. The number of halogens is 1. The molecule has 0 spiro atoms. The van der Waals surface area contributed by atoms with Crippen LogP contribution in [-0.4, -0.2) is 56.4 Å². The van der Waals surface area contributed by atoms with Gasteiger partial charge in [0.25, 0.3) is 5.56 Å². The lowest BCUT2D eigenvalue weighted by Gasteiger charge is -2.37. The molecule has 0 unspecified atom stereocenters. The average Bonchev–Trinajstić information content (AvgIpc) is 3.35. The Labute approximate surface area is 214 Å². The number of benzene rings is 2. The molecular weight excluding hydrogens is 476 g/mol. The summed E-state index contributed by atoms with van der Waals surface area (Å²) in [5.41, 5.74) is 5.21. The molecule has 1 aliphatic rings. The number of aryl methyl sites for hydroxylation is 3. The molecule has 3 heterocycles. The smallest absolute Gasteiger partial charge is 0.293 e. The van der Waals surface area contributed by atoms with Crippen LogP contribution in [0.4, 0.5) is 5.69 Å². The molecule has 2 aromatic heterocycles. The molecule has 186 valence electrons. The fourth-order valence-corrected chi connectivity index (χ4v) is 4.85. The van der Waals surface area contributed by atoms with Gasteiger partial charge in [-0.2, -0.15) is 10.2 Å². The molecule has 4 aromatic rings. The van der Waals surface area contributed by atoms with Crippen LogP contribution in [0.25, 0.3) is 16.8 Å². The SMILES string of the molecule is CCc1ccc(-c2cc3c(=O)n(CC(=O)N4CCN(c5cc(Cl)ccc5C)CC4)nc(C)n3n2)cc1. The Hall–Kier alpha value is -3.65. The van der Waals surface area contributed by atoms with Gasteiger partial charge in [0.1, 0.15) is 17.9 Å². The molecule has 0 bridgehead atoms. The second-order valence-corrected chi connectivity index (χ2v) is 9.62. The topological polar surface area (TPSA) is 75.7 Å². The molecule has 1 saturated heterocycles. The summed E-state index contributed by atoms with van der Waals surface area (Å²) in [6.07, 6.45) is 0.961. The minimum atomic E-state index is -0.328. The van der Waals surface area contributed by atoms with E-state index < -0.39 is 0 Å². The van der Waals surface area contributed by atoms with Gasteiger partial charge in [-0.05, 0) is 49.6 Å². The minimum Gasteiger partial charge on any atom is -0.368 e. The summed E-state index contributed by atoms with van der Waals surface area (Å²) in [5.74, 6) is 0.431. The number of anilines is 1. The maximum atomic E-state index is 13.2. The van der Waals surface area contributed by atoms with Crippen molar-refractivity contribution in [3.05, 3.63) is 80.9 Å². The van der Waals surface area contributed by atoms with Crippen LogP contribution in [0, 0.1) is 13.8 Å². The molecule has 5 rings (SSSR count). The second-order valence-electron chi connectivity index (χ2n) is 9.19. The van der Waals surface area contributed by atoms with Gasteiger partial charge in [0.05, 0.1) is 5.69 Å². The van der Waals surface area contributed by atoms with Gasteiger partial charge in [-0.1, -0.05) is 48.9 Å². The molecule has 2 aromatic carbocycles. The molecule has 1 aliphatic heterocycles. The molecule has 9 heteroatoms. The van der Waals surface area contributed by atoms with Crippen molar-refractivity contribution >= 4 is 28.7 Å². The number of hydrogen-bond donors (Lipinski definition) is 0. The van der Waals surface area contributed by atoms with Gasteiger partial charge in [0, 0.05) is 42.5 Å². The molecule has 36 heavy (non-hydrogen) atoms. The fraction of sp³-hybridized carbons (Fsp3) is 0.333. The first kappa shape index (κ1) is 24.1. The Kier molecular flexibility index (Phi) is 6.53. The zero-order valence-electron chi connectivity index (χ0n) is 20.7. The maximum absolute atomic E-state index is 13.2. The zero-order valence-corrected chi connectivity index (χ0v) is 21.5. The first-order chi connectivity index (χ1) is 17.3. The summed E-state index contributed by atoms with van der Waals surface area (Å²) in [4.78, 5) is 30.3. The highest BCUT2D eigenvalue weighted by molar-refractivity contribution is 6.30. The van der Waals surface area contributed by atoms with Gasteiger partial charge in [-0.15, -0.1) is 0 Å². The summed E-state index contributed by atoms with van der Waals surface area (Å²) in [6, 6.07) is 15.8. The van der Waals surface area contributed by atoms with E-state index in [4.69, 9.17) is 11.6 Å². The van der Waals surface area contributed by atoms with E-state index in [1.54, 1.807) is 22.4 Å². The largest absolute Gasteiger partial charge is 0.368 e. The van der Waals surface area contributed by atoms with Crippen LogP contribution in [0.2, 0.25) is 5.02 Å². The average molecular weight is 505 g/mol. The van der Waals surface area contributed by atoms with Crippen molar-refractivity contribution in [2.24, 2.45) is 0 Å². The monoisotopic (exact) mass is 504 g/mol. The van der Waals surface area contributed by atoms with Crippen molar-refractivity contribution in [2.45, 2.75) is 33.7 Å². The summed E-state index contributed by atoms with van der Waals surface area (Å²) >= 11 is 6.19. The van der Waals surface area contributed by atoms with Crippen molar-refractivity contribution in [2.75, 3.05) is 31.1 Å². The number of piperazine rings is 1. The van der Waals surface area contributed by atoms with Crippen LogP contribution in [0.1, 0.15) is 23.9 Å². The molecule has 0 saturated carbocycles. The molecular formula is C27H29ClN6O2. The molecule has 0 atom stereocenters. The van der Waals surface area contributed by atoms with E-state index in [0.29, 0.717) is 48.2 Å². The van der Waals surface area contributed by atoms with E-state index in [0.717, 1.165) is 23.2 Å². The number of hydrogen-bond acceptors (Lipinski definition) is 5. The van der Waals surface area contributed by atoms with Crippen LogP contribution in [0.5, 0.6) is 0 Å².